The van der Waals surface area contributed by atoms with Crippen LogP contribution in [0.2, 0.25) is 0 Å². The summed E-state index contributed by atoms with van der Waals surface area (Å²) in [6, 6.07) is 9.73. The molecular formula is C16H19BrClN3O. The van der Waals surface area contributed by atoms with Crippen LogP contribution in [-0.2, 0) is 4.79 Å². The van der Waals surface area contributed by atoms with E-state index in [1.165, 1.54) is 0 Å². The van der Waals surface area contributed by atoms with Gasteiger partial charge in [0.05, 0.1) is 5.52 Å². The van der Waals surface area contributed by atoms with Gasteiger partial charge in [0.2, 0.25) is 5.91 Å². The largest absolute Gasteiger partial charge is 0.330 e. The summed E-state index contributed by atoms with van der Waals surface area (Å²) < 4.78 is 0.928. The first kappa shape index (κ1) is 17.2. The zero-order valence-corrected chi connectivity index (χ0v) is 14.5. The number of fused-ring (bicyclic) bond motifs is 1. The number of nitrogens with one attached hydrogen (secondary N) is 1. The maximum atomic E-state index is 12.4. The Kier molecular flexibility index (Phi) is 5.78. The number of rotatable bonds is 3. The zero-order valence-electron chi connectivity index (χ0n) is 12.1. The van der Waals surface area contributed by atoms with Gasteiger partial charge in [-0.3, -0.25) is 4.79 Å². The fourth-order valence-electron chi connectivity index (χ4n) is 3.06. The number of nitrogens with two attached hydrogens (primary N) is 1. The van der Waals surface area contributed by atoms with Crippen molar-refractivity contribution in [1.29, 1.82) is 0 Å². The fourth-order valence-corrected chi connectivity index (χ4v) is 3.53. The van der Waals surface area contributed by atoms with E-state index < -0.39 is 0 Å². The lowest BCUT2D eigenvalue weighted by atomic mass is 9.95. The average molecular weight is 385 g/mol. The molecule has 0 saturated heterocycles. The molecule has 0 bridgehead atoms. The summed E-state index contributed by atoms with van der Waals surface area (Å²) in [6.45, 7) is 0.578. The monoisotopic (exact) mass is 383 g/mol. The second kappa shape index (κ2) is 7.40. The topological polar surface area (TPSA) is 68.0 Å². The Hall–Kier alpha value is -1.17. The highest BCUT2D eigenvalue weighted by Gasteiger charge is 2.32. The smallest absolute Gasteiger partial charge is 0.228 e. The lowest BCUT2D eigenvalue weighted by Gasteiger charge is -2.17. The third-order valence-corrected chi connectivity index (χ3v) is 4.86. The Bertz CT molecular complexity index is 679. The maximum absolute atomic E-state index is 12.4. The van der Waals surface area contributed by atoms with Crippen LogP contribution in [0.1, 0.15) is 19.3 Å². The van der Waals surface area contributed by atoms with Gasteiger partial charge in [-0.05, 0) is 59.4 Å². The molecule has 3 rings (SSSR count). The molecule has 1 aromatic carbocycles. The number of hydrogen-bond donors (Lipinski definition) is 2. The Morgan fingerprint density at radius 3 is 2.91 bits per heavy atom. The van der Waals surface area contributed by atoms with Crippen molar-refractivity contribution in [2.45, 2.75) is 19.3 Å². The molecule has 1 aromatic heterocycles. The van der Waals surface area contributed by atoms with Gasteiger partial charge in [0.1, 0.15) is 5.82 Å². The van der Waals surface area contributed by atoms with E-state index in [4.69, 9.17) is 5.73 Å². The summed E-state index contributed by atoms with van der Waals surface area (Å²) in [7, 11) is 0. The number of benzene rings is 1. The molecule has 1 fully saturated rings. The van der Waals surface area contributed by atoms with Gasteiger partial charge >= 0.3 is 0 Å². The molecule has 0 spiro atoms. The number of carbonyl (C=O) groups is 1. The second-order valence-corrected chi connectivity index (χ2v) is 6.38. The number of nitrogens with zero attached hydrogens (tertiary/aromatic N) is 1. The van der Waals surface area contributed by atoms with Crippen LogP contribution in [0.15, 0.2) is 34.8 Å². The normalized spacial score (nSPS) is 20.6. The van der Waals surface area contributed by atoms with Crippen LogP contribution in [0.25, 0.3) is 10.9 Å². The minimum Gasteiger partial charge on any atom is -0.330 e. The molecule has 2 atom stereocenters. The lowest BCUT2D eigenvalue weighted by molar-refractivity contribution is -0.120. The second-order valence-electron chi connectivity index (χ2n) is 5.53. The minimum atomic E-state index is 0. The standard InChI is InChI=1S/C16H18BrN3O.ClH/c17-13-6-2-3-10-7-8-14(19-15(10)13)20-16(21)12-5-1-4-11(12)9-18;/h2-3,6-8,11-12H,1,4-5,9,18H2,(H,19,20,21);1H/t11-,12-;/m1./s1. The van der Waals surface area contributed by atoms with Gasteiger partial charge < -0.3 is 11.1 Å². The summed E-state index contributed by atoms with van der Waals surface area (Å²) in [5.41, 5.74) is 6.61. The van der Waals surface area contributed by atoms with Crippen LogP contribution in [-0.4, -0.2) is 17.4 Å². The van der Waals surface area contributed by atoms with Crippen molar-refractivity contribution in [1.82, 2.24) is 4.98 Å². The third-order valence-electron chi connectivity index (χ3n) is 4.22. The number of aromatic nitrogens is 1. The Balaban J connectivity index is 0.00000176. The average Bonchev–Trinajstić information content (AvgIpc) is 2.97. The molecule has 0 radical (unpaired) electrons. The zero-order chi connectivity index (χ0) is 14.8. The van der Waals surface area contributed by atoms with Crippen LogP contribution in [0, 0.1) is 11.8 Å². The number of pyridine rings is 1. The first-order valence-corrected chi connectivity index (χ1v) is 8.04. The van der Waals surface area contributed by atoms with Gasteiger partial charge in [-0.25, -0.2) is 4.98 Å². The van der Waals surface area contributed by atoms with Crippen LogP contribution in [0.3, 0.4) is 0 Å². The molecule has 4 nitrogen and oxygen atoms in total. The fraction of sp³-hybridized carbons (Fsp3) is 0.375. The maximum Gasteiger partial charge on any atom is 0.228 e. The number of amides is 1. The molecule has 6 heteroatoms. The summed E-state index contributed by atoms with van der Waals surface area (Å²) in [5.74, 6) is 0.966. The Morgan fingerprint density at radius 1 is 1.32 bits per heavy atom. The molecule has 1 aliphatic rings. The molecule has 1 saturated carbocycles. The summed E-state index contributed by atoms with van der Waals surface area (Å²) in [4.78, 5) is 16.9. The lowest BCUT2D eigenvalue weighted by Crippen LogP contribution is -2.30. The van der Waals surface area contributed by atoms with Crippen LogP contribution < -0.4 is 11.1 Å². The Morgan fingerprint density at radius 2 is 2.14 bits per heavy atom. The molecule has 22 heavy (non-hydrogen) atoms. The van der Waals surface area contributed by atoms with E-state index in [0.29, 0.717) is 18.3 Å². The summed E-state index contributed by atoms with van der Waals surface area (Å²) in [6.07, 6.45) is 3.05. The quantitative estimate of drug-likeness (QED) is 0.847. The van der Waals surface area contributed by atoms with Crippen LogP contribution in [0.4, 0.5) is 5.82 Å². The summed E-state index contributed by atoms with van der Waals surface area (Å²) in [5, 5.41) is 3.99. The van der Waals surface area contributed by atoms with E-state index in [0.717, 1.165) is 34.6 Å². The summed E-state index contributed by atoms with van der Waals surface area (Å²) >= 11 is 3.49. The number of anilines is 1. The number of hydrogen-bond acceptors (Lipinski definition) is 3. The highest BCUT2D eigenvalue weighted by Crippen LogP contribution is 2.32. The molecule has 0 unspecified atom stereocenters. The first-order valence-electron chi connectivity index (χ1n) is 7.25. The van der Waals surface area contributed by atoms with Crippen LogP contribution >= 0.6 is 28.3 Å². The molecule has 118 valence electrons. The van der Waals surface area contributed by atoms with E-state index in [-0.39, 0.29) is 24.2 Å². The van der Waals surface area contributed by atoms with Gasteiger partial charge in [0.15, 0.2) is 0 Å². The van der Waals surface area contributed by atoms with Crippen molar-refractivity contribution >= 4 is 51.0 Å². The molecule has 2 aromatic rings. The van der Waals surface area contributed by atoms with Gasteiger partial charge in [-0.2, -0.15) is 0 Å². The third kappa shape index (κ3) is 3.42. The van der Waals surface area contributed by atoms with E-state index in [9.17, 15) is 4.79 Å². The SMILES string of the molecule is Cl.NC[C@H]1CCC[C@H]1C(=O)Nc1ccc2cccc(Br)c2n1. The minimum absolute atomic E-state index is 0. The van der Waals surface area contributed by atoms with Gasteiger partial charge in [0.25, 0.3) is 0 Å². The van der Waals surface area contributed by atoms with Gasteiger partial charge in [0, 0.05) is 15.8 Å². The Labute approximate surface area is 144 Å². The number of carbonyl (C=O) groups excluding carboxylic acids is 1. The van der Waals surface area contributed by atoms with E-state index >= 15 is 0 Å². The van der Waals surface area contributed by atoms with E-state index in [2.05, 4.69) is 26.2 Å². The number of halogens is 2. The predicted molar refractivity (Wildman–Crippen MR) is 95.2 cm³/mol. The van der Waals surface area contributed by atoms with Crippen molar-refractivity contribution in [2.24, 2.45) is 17.6 Å². The van der Waals surface area contributed by atoms with Crippen molar-refractivity contribution in [3.8, 4) is 0 Å². The predicted octanol–water partition coefficient (Wildman–Crippen LogP) is 3.73. The molecule has 1 amide bonds. The van der Waals surface area contributed by atoms with E-state index in [1.807, 2.05) is 30.3 Å². The van der Waals surface area contributed by atoms with Gasteiger partial charge in [-0.15, -0.1) is 12.4 Å². The molecule has 0 aliphatic heterocycles. The molecule has 3 N–H and O–H groups in total. The van der Waals surface area contributed by atoms with Crippen LogP contribution in [0.5, 0.6) is 0 Å². The molecule has 1 heterocycles. The molecule has 1 aliphatic carbocycles. The van der Waals surface area contributed by atoms with Crippen molar-refractivity contribution in [3.05, 3.63) is 34.8 Å². The van der Waals surface area contributed by atoms with Crippen molar-refractivity contribution in [3.63, 3.8) is 0 Å². The highest BCUT2D eigenvalue weighted by atomic mass is 79.9. The van der Waals surface area contributed by atoms with Crippen molar-refractivity contribution in [2.75, 3.05) is 11.9 Å². The van der Waals surface area contributed by atoms with Gasteiger partial charge in [-0.1, -0.05) is 18.6 Å². The van der Waals surface area contributed by atoms with E-state index in [1.54, 1.807) is 0 Å². The van der Waals surface area contributed by atoms with Crippen molar-refractivity contribution < 1.29 is 4.79 Å². The number of para-hydroxylation sites is 1. The molecular weight excluding hydrogens is 366 g/mol. The first-order chi connectivity index (χ1) is 10.2. The highest BCUT2D eigenvalue weighted by molar-refractivity contribution is 9.10.